The molecule has 3 heteroatoms. The van der Waals surface area contributed by atoms with Gasteiger partial charge in [-0.2, -0.15) is 0 Å². The molecule has 1 heterocycles. The van der Waals surface area contributed by atoms with E-state index >= 15 is 0 Å². The van der Waals surface area contributed by atoms with Gasteiger partial charge in [-0.25, -0.2) is 4.79 Å². The van der Waals surface area contributed by atoms with Gasteiger partial charge in [-0.3, -0.25) is 4.79 Å². The molecular weight excluding hydrogens is 478 g/mol. The van der Waals surface area contributed by atoms with Crippen molar-refractivity contribution in [3.05, 3.63) is 68.9 Å². The molecule has 2 atom stereocenters. The van der Waals surface area contributed by atoms with E-state index in [9.17, 15) is 9.59 Å². The Balaban J connectivity index is 1.99. The van der Waals surface area contributed by atoms with Gasteiger partial charge in [0.2, 0.25) is 0 Å². The lowest BCUT2D eigenvalue weighted by atomic mass is 9.88. The lowest BCUT2D eigenvalue weighted by Gasteiger charge is -2.21. The van der Waals surface area contributed by atoms with Crippen molar-refractivity contribution in [3.63, 3.8) is 0 Å². The van der Waals surface area contributed by atoms with Crippen LogP contribution in [0.15, 0.2) is 41.5 Å². The molecule has 0 fully saturated rings. The van der Waals surface area contributed by atoms with Gasteiger partial charge in [0, 0.05) is 45.9 Å². The first-order valence-corrected chi connectivity index (χ1v) is 15.2. The normalized spacial score (nSPS) is 16.4. The van der Waals surface area contributed by atoms with E-state index < -0.39 is 0 Å². The number of nitrogens with zero attached hydrogens (tertiary/aromatic N) is 1. The summed E-state index contributed by atoms with van der Waals surface area (Å²) in [7, 11) is 0. The average molecular weight is 528 g/mol. The molecule has 3 nitrogen and oxygen atoms in total. The van der Waals surface area contributed by atoms with Crippen LogP contribution >= 0.6 is 0 Å². The molecule has 0 N–H and O–H groups in total. The third-order valence-electron chi connectivity index (χ3n) is 8.85. The number of ketones is 1. The summed E-state index contributed by atoms with van der Waals surface area (Å²) in [6, 6.07) is 10.6. The molecule has 0 aliphatic heterocycles. The summed E-state index contributed by atoms with van der Waals surface area (Å²) in [4.78, 5) is 24.7. The molecule has 0 saturated heterocycles. The molecule has 1 aliphatic carbocycles. The van der Waals surface area contributed by atoms with Gasteiger partial charge in [0.1, 0.15) is 5.94 Å². The monoisotopic (exact) mass is 527 g/mol. The largest absolute Gasteiger partial charge is 0.344 e. The van der Waals surface area contributed by atoms with Gasteiger partial charge in [0.05, 0.1) is 5.57 Å². The first-order valence-electron chi connectivity index (χ1n) is 15.2. The molecule has 0 radical (unpaired) electrons. The maximum atomic E-state index is 12.7. The van der Waals surface area contributed by atoms with Gasteiger partial charge >= 0.3 is 0 Å². The highest BCUT2D eigenvalue weighted by atomic mass is 16.1. The summed E-state index contributed by atoms with van der Waals surface area (Å²) >= 11 is 0. The molecule has 2 aromatic rings. The standard InChI is InChI=1S/C36H49NO2/c1-7-10-11-12-14-17-26(4)27(5)22-23-37-32(9-3)31(8-2)36(35-28(6)34(39)24-30(35)25-38)33(37)21-20-29-18-15-13-16-19-29/h8-9,13,15-16,18-19,26-27H,7,10-12,14,17,20-24H2,1-6H3/b31-8+,32-9+. The highest BCUT2D eigenvalue weighted by molar-refractivity contribution is 6.16. The number of carbonyl (C=O) groups is 1. The Bertz CT molecular complexity index is 1320. The third-order valence-corrected chi connectivity index (χ3v) is 8.85. The minimum Gasteiger partial charge on any atom is -0.344 e. The molecule has 39 heavy (non-hydrogen) atoms. The molecule has 1 aromatic heterocycles. The predicted molar refractivity (Wildman–Crippen MR) is 166 cm³/mol. The number of aromatic nitrogens is 1. The topological polar surface area (TPSA) is 39.1 Å². The number of carbonyl (C=O) groups excluding carboxylic acids is 2. The van der Waals surface area contributed by atoms with E-state index in [0.717, 1.165) is 42.2 Å². The SMILES string of the molecule is C/C=c1/c(C2=C(C)C(=O)CC2=C=O)c(CCc2ccccc2)n(CCC(C)C(C)CCCCCCC)/c1=C/C. The Morgan fingerprint density at radius 1 is 0.949 bits per heavy atom. The van der Waals surface area contributed by atoms with Crippen molar-refractivity contribution < 1.29 is 9.59 Å². The Kier molecular flexibility index (Phi) is 11.8. The van der Waals surface area contributed by atoms with Crippen LogP contribution in [-0.4, -0.2) is 16.3 Å². The first kappa shape index (κ1) is 30.6. The maximum Gasteiger partial charge on any atom is 0.164 e. The molecule has 0 bridgehead atoms. The van der Waals surface area contributed by atoms with Crippen LogP contribution in [0, 0.1) is 11.8 Å². The van der Waals surface area contributed by atoms with Crippen molar-refractivity contribution in [1.82, 2.24) is 4.57 Å². The zero-order valence-corrected chi connectivity index (χ0v) is 25.2. The molecule has 210 valence electrons. The fourth-order valence-corrected chi connectivity index (χ4v) is 6.16. The molecule has 0 saturated carbocycles. The van der Waals surface area contributed by atoms with Crippen LogP contribution in [0.2, 0.25) is 0 Å². The summed E-state index contributed by atoms with van der Waals surface area (Å²) in [5.41, 5.74) is 5.62. The second-order valence-electron chi connectivity index (χ2n) is 11.5. The van der Waals surface area contributed by atoms with Crippen molar-refractivity contribution in [1.29, 1.82) is 0 Å². The van der Waals surface area contributed by atoms with E-state index in [4.69, 9.17) is 0 Å². The third kappa shape index (κ3) is 7.40. The average Bonchev–Trinajstić information content (AvgIpc) is 3.41. The minimum absolute atomic E-state index is 0.0376. The Hall–Kier alpha value is -2.90. The predicted octanol–water partition coefficient (Wildman–Crippen LogP) is 7.40. The quantitative estimate of drug-likeness (QED) is 0.190. The second-order valence-corrected chi connectivity index (χ2v) is 11.5. The summed E-state index contributed by atoms with van der Waals surface area (Å²) < 4.78 is 2.49. The smallest absolute Gasteiger partial charge is 0.164 e. The molecule has 0 amide bonds. The van der Waals surface area contributed by atoms with E-state index in [1.807, 2.05) is 6.92 Å². The zero-order valence-electron chi connectivity index (χ0n) is 25.2. The van der Waals surface area contributed by atoms with Crippen molar-refractivity contribution in [2.75, 3.05) is 0 Å². The number of unbranched alkanes of at least 4 members (excludes halogenated alkanes) is 4. The molecule has 0 spiro atoms. The van der Waals surface area contributed by atoms with Crippen LogP contribution in [0.4, 0.5) is 0 Å². The minimum atomic E-state index is 0.0376. The van der Waals surface area contributed by atoms with Crippen LogP contribution in [0.5, 0.6) is 0 Å². The van der Waals surface area contributed by atoms with Gasteiger partial charge in [-0.05, 0) is 57.4 Å². The van der Waals surface area contributed by atoms with Crippen molar-refractivity contribution in [2.24, 2.45) is 11.8 Å². The van der Waals surface area contributed by atoms with Gasteiger partial charge in [-0.15, -0.1) is 0 Å². The number of benzene rings is 1. The summed E-state index contributed by atoms with van der Waals surface area (Å²) in [5, 5.41) is 2.33. The summed E-state index contributed by atoms with van der Waals surface area (Å²) in [6.45, 7) is 14.1. The summed E-state index contributed by atoms with van der Waals surface area (Å²) in [6.07, 6.45) is 15.4. The van der Waals surface area contributed by atoms with Crippen molar-refractivity contribution in [2.45, 2.75) is 112 Å². The Labute approximate surface area is 236 Å². The van der Waals surface area contributed by atoms with E-state index in [2.05, 4.69) is 87.6 Å². The van der Waals surface area contributed by atoms with Gasteiger partial charge < -0.3 is 4.57 Å². The van der Waals surface area contributed by atoms with E-state index in [1.54, 1.807) is 0 Å². The maximum absolute atomic E-state index is 12.7. The van der Waals surface area contributed by atoms with Crippen LogP contribution in [0.1, 0.15) is 110 Å². The lowest BCUT2D eigenvalue weighted by molar-refractivity contribution is -0.114. The fraction of sp³-hybridized carbons (Fsp3) is 0.528. The Morgan fingerprint density at radius 2 is 1.64 bits per heavy atom. The number of hydrogen-bond donors (Lipinski definition) is 0. The summed E-state index contributed by atoms with van der Waals surface area (Å²) in [5.74, 6) is 3.49. The van der Waals surface area contributed by atoms with Crippen LogP contribution in [0.25, 0.3) is 17.7 Å². The fourth-order valence-electron chi connectivity index (χ4n) is 6.16. The number of Topliss-reactive ketones (excluding diaryl/α,β-unsaturated/α-hetero) is 1. The van der Waals surface area contributed by atoms with E-state index in [-0.39, 0.29) is 12.2 Å². The molecule has 1 aliphatic rings. The Morgan fingerprint density at radius 3 is 2.28 bits per heavy atom. The van der Waals surface area contributed by atoms with E-state index in [0.29, 0.717) is 23.0 Å². The highest BCUT2D eigenvalue weighted by Crippen LogP contribution is 2.35. The van der Waals surface area contributed by atoms with Crippen LogP contribution < -0.4 is 10.6 Å². The van der Waals surface area contributed by atoms with Crippen molar-refractivity contribution >= 4 is 29.4 Å². The first-order chi connectivity index (χ1) is 18.9. The highest BCUT2D eigenvalue weighted by Gasteiger charge is 2.30. The van der Waals surface area contributed by atoms with Crippen LogP contribution in [0.3, 0.4) is 0 Å². The molecule has 3 rings (SSSR count). The molecule has 1 aromatic carbocycles. The second kappa shape index (κ2) is 15.0. The zero-order chi connectivity index (χ0) is 28.4. The number of hydrogen-bond acceptors (Lipinski definition) is 2. The lowest BCUT2D eigenvalue weighted by Crippen LogP contribution is -2.31. The van der Waals surface area contributed by atoms with Crippen LogP contribution in [-0.2, 0) is 29.0 Å². The van der Waals surface area contributed by atoms with Gasteiger partial charge in [0.25, 0.3) is 0 Å². The van der Waals surface area contributed by atoms with E-state index in [1.165, 1.54) is 55.1 Å². The van der Waals surface area contributed by atoms with Gasteiger partial charge in [-0.1, -0.05) is 102 Å². The molecular formula is C36H49NO2. The molecule has 2 unspecified atom stereocenters. The van der Waals surface area contributed by atoms with Crippen molar-refractivity contribution in [3.8, 4) is 0 Å². The van der Waals surface area contributed by atoms with Gasteiger partial charge in [0.15, 0.2) is 5.78 Å². The number of aryl methyl sites for hydroxylation is 1. The number of rotatable bonds is 14. The number of allylic oxidation sites excluding steroid dienone is 3.